The number of carbonyl (C=O) groups excluding carboxylic acids is 1. The van der Waals surface area contributed by atoms with E-state index in [2.05, 4.69) is 10.3 Å². The second-order valence-electron chi connectivity index (χ2n) is 4.87. The zero-order chi connectivity index (χ0) is 15.6. The maximum atomic E-state index is 12.7. The Labute approximate surface area is 136 Å². The molecule has 1 aliphatic heterocycles. The Balaban J connectivity index is 1.86. The van der Waals surface area contributed by atoms with E-state index < -0.39 is 15.9 Å². The Morgan fingerprint density at radius 1 is 1.18 bits per heavy atom. The van der Waals surface area contributed by atoms with Gasteiger partial charge in [-0.1, -0.05) is 6.42 Å². The van der Waals surface area contributed by atoms with E-state index in [1.165, 1.54) is 21.7 Å². The molecule has 0 spiro atoms. The smallest absolute Gasteiger partial charge is 0.268 e. The van der Waals surface area contributed by atoms with Crippen LogP contribution in [-0.4, -0.2) is 36.7 Å². The van der Waals surface area contributed by atoms with Crippen LogP contribution in [-0.2, 0) is 10.0 Å². The van der Waals surface area contributed by atoms with Crippen LogP contribution in [0.3, 0.4) is 0 Å². The van der Waals surface area contributed by atoms with Gasteiger partial charge in [0.15, 0.2) is 5.13 Å². The SMILES string of the molecule is O=C(Nc1nccs1)c1sccc1S(=O)(=O)N1CCCCC1. The van der Waals surface area contributed by atoms with Crippen LogP contribution in [0.5, 0.6) is 0 Å². The van der Waals surface area contributed by atoms with Gasteiger partial charge in [-0.3, -0.25) is 10.1 Å². The molecule has 6 nitrogen and oxygen atoms in total. The fourth-order valence-corrected chi connectivity index (χ4v) is 5.69. The van der Waals surface area contributed by atoms with Gasteiger partial charge >= 0.3 is 0 Å². The van der Waals surface area contributed by atoms with Gasteiger partial charge in [0.25, 0.3) is 5.91 Å². The Kier molecular flexibility index (Phi) is 4.57. The summed E-state index contributed by atoms with van der Waals surface area (Å²) in [6.45, 7) is 1.04. The van der Waals surface area contributed by atoms with Gasteiger partial charge in [-0.2, -0.15) is 4.31 Å². The van der Waals surface area contributed by atoms with Gasteiger partial charge in [0.05, 0.1) is 0 Å². The molecule has 0 atom stereocenters. The molecule has 22 heavy (non-hydrogen) atoms. The number of amides is 1. The van der Waals surface area contributed by atoms with Crippen LogP contribution >= 0.6 is 22.7 Å². The Hall–Kier alpha value is -1.29. The summed E-state index contributed by atoms with van der Waals surface area (Å²) >= 11 is 2.42. The first-order chi connectivity index (χ1) is 10.6. The van der Waals surface area contributed by atoms with Gasteiger partial charge in [0, 0.05) is 24.7 Å². The highest BCUT2D eigenvalue weighted by molar-refractivity contribution is 7.89. The Bertz CT molecular complexity index is 747. The minimum absolute atomic E-state index is 0.0912. The molecule has 118 valence electrons. The molecule has 0 unspecified atom stereocenters. The molecule has 1 N–H and O–H groups in total. The van der Waals surface area contributed by atoms with Gasteiger partial charge in [0.2, 0.25) is 10.0 Å². The van der Waals surface area contributed by atoms with Gasteiger partial charge < -0.3 is 0 Å². The lowest BCUT2D eigenvalue weighted by Crippen LogP contribution is -2.36. The highest BCUT2D eigenvalue weighted by Crippen LogP contribution is 2.28. The van der Waals surface area contributed by atoms with Crippen molar-refractivity contribution in [1.82, 2.24) is 9.29 Å². The number of thiazole rings is 1. The van der Waals surface area contributed by atoms with E-state index in [0.717, 1.165) is 30.6 Å². The quantitative estimate of drug-likeness (QED) is 0.912. The predicted molar refractivity (Wildman–Crippen MR) is 87.0 cm³/mol. The van der Waals surface area contributed by atoms with E-state index >= 15 is 0 Å². The molecule has 3 rings (SSSR count). The summed E-state index contributed by atoms with van der Waals surface area (Å²) in [5.74, 6) is -0.430. The second-order valence-corrected chi connectivity index (χ2v) is 8.59. The highest BCUT2D eigenvalue weighted by Gasteiger charge is 2.31. The number of carbonyl (C=O) groups is 1. The first kappa shape index (κ1) is 15.6. The van der Waals surface area contributed by atoms with Gasteiger partial charge in [-0.05, 0) is 24.3 Å². The van der Waals surface area contributed by atoms with E-state index in [0.29, 0.717) is 18.2 Å². The topological polar surface area (TPSA) is 79.4 Å². The van der Waals surface area contributed by atoms with Gasteiger partial charge in [0.1, 0.15) is 9.77 Å². The molecule has 0 bridgehead atoms. The van der Waals surface area contributed by atoms with Crippen molar-refractivity contribution in [2.45, 2.75) is 24.2 Å². The lowest BCUT2D eigenvalue weighted by atomic mass is 10.2. The van der Waals surface area contributed by atoms with Crippen LogP contribution in [0.2, 0.25) is 0 Å². The van der Waals surface area contributed by atoms with E-state index in [4.69, 9.17) is 0 Å². The normalized spacial score (nSPS) is 16.5. The summed E-state index contributed by atoms with van der Waals surface area (Å²) in [6, 6.07) is 1.51. The number of piperidine rings is 1. The number of nitrogens with zero attached hydrogens (tertiary/aromatic N) is 2. The van der Waals surface area contributed by atoms with Crippen LogP contribution in [0.4, 0.5) is 5.13 Å². The second kappa shape index (κ2) is 6.45. The maximum Gasteiger partial charge on any atom is 0.268 e. The van der Waals surface area contributed by atoms with E-state index in [-0.39, 0.29) is 9.77 Å². The van der Waals surface area contributed by atoms with Crippen molar-refractivity contribution in [3.05, 3.63) is 27.9 Å². The minimum Gasteiger partial charge on any atom is -0.297 e. The molecule has 1 aliphatic rings. The summed E-state index contributed by atoms with van der Waals surface area (Å²) in [5, 5.41) is 6.47. The zero-order valence-electron chi connectivity index (χ0n) is 11.7. The summed E-state index contributed by atoms with van der Waals surface area (Å²) in [7, 11) is -3.61. The third-order valence-electron chi connectivity index (χ3n) is 3.42. The number of rotatable bonds is 4. The molecule has 0 aromatic carbocycles. The molecule has 9 heteroatoms. The molecular weight excluding hydrogens is 342 g/mol. The van der Waals surface area contributed by atoms with Crippen LogP contribution in [0.25, 0.3) is 0 Å². The first-order valence-corrected chi connectivity index (χ1v) is 10.1. The highest BCUT2D eigenvalue weighted by atomic mass is 32.2. The number of sulfonamides is 1. The molecule has 1 amide bonds. The van der Waals surface area contributed by atoms with Crippen molar-refractivity contribution < 1.29 is 13.2 Å². The largest absolute Gasteiger partial charge is 0.297 e. The van der Waals surface area contributed by atoms with Crippen molar-refractivity contribution in [2.75, 3.05) is 18.4 Å². The molecular formula is C13H15N3O3S3. The minimum atomic E-state index is -3.61. The molecule has 1 saturated heterocycles. The zero-order valence-corrected chi connectivity index (χ0v) is 14.1. The van der Waals surface area contributed by atoms with Crippen LogP contribution < -0.4 is 5.32 Å². The average molecular weight is 357 g/mol. The average Bonchev–Trinajstić information content (AvgIpc) is 3.19. The van der Waals surface area contributed by atoms with Gasteiger partial charge in [-0.15, -0.1) is 22.7 Å². The summed E-state index contributed by atoms with van der Waals surface area (Å²) in [4.78, 5) is 16.6. The number of hydrogen-bond donors (Lipinski definition) is 1. The first-order valence-electron chi connectivity index (χ1n) is 6.87. The number of hydrogen-bond acceptors (Lipinski definition) is 6. The summed E-state index contributed by atoms with van der Waals surface area (Å²) < 4.78 is 26.9. The van der Waals surface area contributed by atoms with Gasteiger partial charge in [-0.25, -0.2) is 13.4 Å². The third kappa shape index (κ3) is 3.07. The lowest BCUT2D eigenvalue weighted by molar-refractivity contribution is 0.102. The maximum absolute atomic E-state index is 12.7. The van der Waals surface area contributed by atoms with Crippen LogP contribution in [0, 0.1) is 0 Å². The number of nitrogens with one attached hydrogen (secondary N) is 1. The van der Waals surface area contributed by atoms with Crippen molar-refractivity contribution in [1.29, 1.82) is 0 Å². The van der Waals surface area contributed by atoms with E-state index in [1.54, 1.807) is 17.0 Å². The standard InChI is InChI=1S/C13H15N3O3S3/c17-12(15-13-14-5-9-21-13)11-10(4-8-20-11)22(18,19)16-6-2-1-3-7-16/h4-5,8-9H,1-3,6-7H2,(H,14,15,17). The van der Waals surface area contributed by atoms with Crippen LogP contribution in [0.15, 0.2) is 27.9 Å². The number of anilines is 1. The Morgan fingerprint density at radius 3 is 2.64 bits per heavy atom. The number of thiophene rings is 1. The molecule has 1 fully saturated rings. The third-order valence-corrected chi connectivity index (χ3v) is 7.09. The molecule has 0 aliphatic carbocycles. The van der Waals surface area contributed by atoms with Crippen molar-refractivity contribution >= 4 is 43.7 Å². The molecule has 2 aromatic heterocycles. The molecule has 3 heterocycles. The van der Waals surface area contributed by atoms with E-state index in [1.807, 2.05) is 0 Å². The fourth-order valence-electron chi connectivity index (χ4n) is 2.35. The van der Waals surface area contributed by atoms with Crippen molar-refractivity contribution in [3.8, 4) is 0 Å². The van der Waals surface area contributed by atoms with Crippen molar-refractivity contribution in [3.63, 3.8) is 0 Å². The Morgan fingerprint density at radius 2 is 1.95 bits per heavy atom. The summed E-state index contributed by atoms with van der Waals surface area (Å²) in [5.41, 5.74) is 0. The molecule has 0 radical (unpaired) electrons. The summed E-state index contributed by atoms with van der Waals surface area (Å²) in [6.07, 6.45) is 4.36. The fraction of sp³-hybridized carbons (Fsp3) is 0.385. The molecule has 2 aromatic rings. The molecule has 0 saturated carbocycles. The van der Waals surface area contributed by atoms with Crippen LogP contribution in [0.1, 0.15) is 28.9 Å². The van der Waals surface area contributed by atoms with E-state index in [9.17, 15) is 13.2 Å². The monoisotopic (exact) mass is 357 g/mol. The number of aromatic nitrogens is 1. The van der Waals surface area contributed by atoms with Crippen molar-refractivity contribution in [2.24, 2.45) is 0 Å². The predicted octanol–water partition coefficient (Wildman–Crippen LogP) is 2.63. The lowest BCUT2D eigenvalue weighted by Gasteiger charge is -2.25.